The molecule has 0 aliphatic rings. The predicted octanol–water partition coefficient (Wildman–Crippen LogP) is 1.70. The largest absolute Gasteiger partial charge is 0.392 e. The molecule has 0 saturated carbocycles. The quantitative estimate of drug-likeness (QED) is 0.659. The van der Waals surface area contributed by atoms with Gasteiger partial charge in [-0.15, -0.1) is 0 Å². The highest BCUT2D eigenvalue weighted by molar-refractivity contribution is 5.21. The average molecular weight is 223 g/mol. The molecule has 0 bridgehead atoms. The smallest absolute Gasteiger partial charge is 0.0717 e. The zero-order valence-corrected chi connectivity index (χ0v) is 9.91. The van der Waals surface area contributed by atoms with E-state index in [4.69, 9.17) is 9.84 Å². The number of aliphatic hydroxyl groups is 1. The molecule has 0 fully saturated rings. The molecule has 1 aromatic rings. The third-order valence-electron chi connectivity index (χ3n) is 2.32. The molecular formula is C13H21NO2. The van der Waals surface area contributed by atoms with Gasteiger partial charge in [0.05, 0.1) is 19.8 Å². The summed E-state index contributed by atoms with van der Waals surface area (Å²) >= 11 is 0. The van der Waals surface area contributed by atoms with Gasteiger partial charge in [-0.3, -0.25) is 0 Å². The van der Waals surface area contributed by atoms with Gasteiger partial charge >= 0.3 is 0 Å². The third-order valence-corrected chi connectivity index (χ3v) is 2.32. The van der Waals surface area contributed by atoms with E-state index < -0.39 is 0 Å². The first-order chi connectivity index (χ1) is 7.86. The van der Waals surface area contributed by atoms with Gasteiger partial charge in [0, 0.05) is 6.54 Å². The normalized spacial score (nSPS) is 10.6. The summed E-state index contributed by atoms with van der Waals surface area (Å²) < 4.78 is 5.51. The van der Waals surface area contributed by atoms with Crippen molar-refractivity contribution in [2.24, 2.45) is 0 Å². The molecule has 0 aliphatic carbocycles. The highest BCUT2D eigenvalue weighted by Gasteiger charge is 1.94. The number of benzene rings is 1. The van der Waals surface area contributed by atoms with Crippen LogP contribution < -0.4 is 5.32 Å². The van der Waals surface area contributed by atoms with Crippen molar-refractivity contribution < 1.29 is 9.84 Å². The Morgan fingerprint density at radius 3 is 2.44 bits per heavy atom. The summed E-state index contributed by atoms with van der Waals surface area (Å²) in [6.45, 7) is 5.58. The minimum atomic E-state index is 0.0993. The second-order valence-electron chi connectivity index (χ2n) is 3.78. The Balaban J connectivity index is 2.12. The first-order valence-corrected chi connectivity index (χ1v) is 5.84. The van der Waals surface area contributed by atoms with E-state index in [0.717, 1.165) is 37.2 Å². The van der Waals surface area contributed by atoms with Crippen LogP contribution in [0.15, 0.2) is 24.3 Å². The van der Waals surface area contributed by atoms with E-state index >= 15 is 0 Å². The molecule has 16 heavy (non-hydrogen) atoms. The Morgan fingerprint density at radius 2 is 1.81 bits per heavy atom. The molecule has 0 aliphatic heterocycles. The maximum absolute atomic E-state index is 8.89. The minimum Gasteiger partial charge on any atom is -0.392 e. The van der Waals surface area contributed by atoms with E-state index in [-0.39, 0.29) is 6.61 Å². The minimum absolute atomic E-state index is 0.0993. The van der Waals surface area contributed by atoms with Crippen molar-refractivity contribution in [2.45, 2.75) is 26.6 Å². The Bertz CT molecular complexity index is 272. The van der Waals surface area contributed by atoms with E-state index in [1.807, 2.05) is 24.3 Å². The molecule has 0 aromatic heterocycles. The van der Waals surface area contributed by atoms with Crippen molar-refractivity contribution in [1.29, 1.82) is 0 Å². The highest BCUT2D eigenvalue weighted by Crippen LogP contribution is 2.05. The Hall–Kier alpha value is -0.900. The molecule has 1 aromatic carbocycles. The Kier molecular flexibility index (Phi) is 6.81. The van der Waals surface area contributed by atoms with Crippen molar-refractivity contribution in [3.8, 4) is 0 Å². The lowest BCUT2D eigenvalue weighted by Gasteiger charge is -2.06. The van der Waals surface area contributed by atoms with E-state index in [2.05, 4.69) is 12.2 Å². The van der Waals surface area contributed by atoms with Gasteiger partial charge in [-0.05, 0) is 24.1 Å². The summed E-state index contributed by atoms with van der Waals surface area (Å²) in [4.78, 5) is 0. The molecule has 0 saturated heterocycles. The van der Waals surface area contributed by atoms with Crippen LogP contribution in [-0.2, 0) is 18.0 Å². The van der Waals surface area contributed by atoms with Gasteiger partial charge in [-0.25, -0.2) is 0 Å². The van der Waals surface area contributed by atoms with Crippen LogP contribution in [0.25, 0.3) is 0 Å². The van der Waals surface area contributed by atoms with Gasteiger partial charge in [-0.1, -0.05) is 31.2 Å². The fraction of sp³-hybridized carbons (Fsp3) is 0.538. The molecule has 0 amide bonds. The van der Waals surface area contributed by atoms with E-state index in [1.165, 1.54) is 0 Å². The number of hydrogen-bond donors (Lipinski definition) is 2. The zero-order valence-electron chi connectivity index (χ0n) is 9.91. The van der Waals surface area contributed by atoms with Gasteiger partial charge in [0.15, 0.2) is 0 Å². The number of rotatable bonds is 8. The van der Waals surface area contributed by atoms with Crippen LogP contribution in [0.3, 0.4) is 0 Å². The monoisotopic (exact) mass is 223 g/mol. The van der Waals surface area contributed by atoms with E-state index in [0.29, 0.717) is 6.61 Å². The number of aliphatic hydroxyl groups excluding tert-OH is 1. The van der Waals surface area contributed by atoms with E-state index in [1.54, 1.807) is 0 Å². The summed E-state index contributed by atoms with van der Waals surface area (Å²) in [6, 6.07) is 7.83. The van der Waals surface area contributed by atoms with Crippen molar-refractivity contribution in [2.75, 3.05) is 19.7 Å². The van der Waals surface area contributed by atoms with Gasteiger partial charge < -0.3 is 15.2 Å². The van der Waals surface area contributed by atoms with Crippen molar-refractivity contribution in [3.05, 3.63) is 35.4 Å². The lowest BCUT2D eigenvalue weighted by molar-refractivity contribution is 0.123. The van der Waals surface area contributed by atoms with Crippen molar-refractivity contribution >= 4 is 0 Å². The predicted molar refractivity (Wildman–Crippen MR) is 65.2 cm³/mol. The number of ether oxygens (including phenoxy) is 1. The molecule has 0 spiro atoms. The molecule has 0 atom stereocenters. The Labute approximate surface area is 97.4 Å². The second kappa shape index (κ2) is 8.28. The summed E-state index contributed by atoms with van der Waals surface area (Å²) in [5.41, 5.74) is 2.08. The maximum Gasteiger partial charge on any atom is 0.0717 e. The van der Waals surface area contributed by atoms with Crippen LogP contribution in [0, 0.1) is 0 Å². The molecule has 3 heteroatoms. The Morgan fingerprint density at radius 1 is 1.12 bits per heavy atom. The fourth-order valence-electron chi connectivity index (χ4n) is 1.38. The lowest BCUT2D eigenvalue weighted by atomic mass is 10.1. The molecule has 2 N–H and O–H groups in total. The summed E-state index contributed by atoms with van der Waals surface area (Å²) in [5.74, 6) is 0. The van der Waals surface area contributed by atoms with Gasteiger partial charge in [-0.2, -0.15) is 0 Å². The molecule has 3 nitrogen and oxygen atoms in total. The zero-order chi connectivity index (χ0) is 11.6. The van der Waals surface area contributed by atoms with E-state index in [9.17, 15) is 0 Å². The topological polar surface area (TPSA) is 41.5 Å². The van der Waals surface area contributed by atoms with Crippen LogP contribution >= 0.6 is 0 Å². The molecule has 0 heterocycles. The SMILES string of the molecule is CCCNCCOCc1ccc(CO)cc1. The first-order valence-electron chi connectivity index (χ1n) is 5.84. The van der Waals surface area contributed by atoms with Crippen LogP contribution in [0.2, 0.25) is 0 Å². The number of hydrogen-bond acceptors (Lipinski definition) is 3. The number of nitrogens with one attached hydrogen (secondary N) is 1. The summed E-state index contributed by atoms with van der Waals surface area (Å²) in [6.07, 6.45) is 1.16. The van der Waals surface area contributed by atoms with Gasteiger partial charge in [0.2, 0.25) is 0 Å². The van der Waals surface area contributed by atoms with Crippen LogP contribution in [0.4, 0.5) is 0 Å². The summed E-state index contributed by atoms with van der Waals surface area (Å²) in [5, 5.41) is 12.2. The van der Waals surface area contributed by atoms with Crippen LogP contribution in [0.5, 0.6) is 0 Å². The van der Waals surface area contributed by atoms with Crippen molar-refractivity contribution in [1.82, 2.24) is 5.32 Å². The standard InChI is InChI=1S/C13H21NO2/c1-2-7-14-8-9-16-11-13-5-3-12(10-15)4-6-13/h3-6,14-15H,2,7-11H2,1H3. The van der Waals surface area contributed by atoms with Crippen LogP contribution in [0.1, 0.15) is 24.5 Å². The molecule has 0 unspecified atom stereocenters. The average Bonchev–Trinajstić information content (AvgIpc) is 2.34. The third kappa shape index (κ3) is 5.26. The highest BCUT2D eigenvalue weighted by atomic mass is 16.5. The fourth-order valence-corrected chi connectivity index (χ4v) is 1.38. The first kappa shape index (κ1) is 13.2. The van der Waals surface area contributed by atoms with Gasteiger partial charge in [0.1, 0.15) is 0 Å². The maximum atomic E-state index is 8.89. The lowest BCUT2D eigenvalue weighted by Crippen LogP contribution is -2.20. The molecule has 0 radical (unpaired) electrons. The summed E-state index contributed by atoms with van der Waals surface area (Å²) in [7, 11) is 0. The molecule has 90 valence electrons. The van der Waals surface area contributed by atoms with Gasteiger partial charge in [0.25, 0.3) is 0 Å². The molecular weight excluding hydrogens is 202 g/mol. The second-order valence-corrected chi connectivity index (χ2v) is 3.78. The molecule has 1 rings (SSSR count). The van der Waals surface area contributed by atoms with Crippen LogP contribution in [-0.4, -0.2) is 24.8 Å². The van der Waals surface area contributed by atoms with Crippen molar-refractivity contribution in [3.63, 3.8) is 0 Å².